The first kappa shape index (κ1) is 22.3. The summed E-state index contributed by atoms with van der Waals surface area (Å²) in [7, 11) is 3.30. The maximum Gasteiger partial charge on any atom is 0.206 e. The number of benzene rings is 2. The zero-order valence-electron chi connectivity index (χ0n) is 18.8. The van der Waals surface area contributed by atoms with Crippen LogP contribution in [0.1, 0.15) is 12.5 Å². The van der Waals surface area contributed by atoms with Gasteiger partial charge in [0.05, 0.1) is 38.5 Å². The van der Waals surface area contributed by atoms with Gasteiger partial charge in [0.1, 0.15) is 11.5 Å². The lowest BCUT2D eigenvalue weighted by atomic mass is 10.1. The van der Waals surface area contributed by atoms with Gasteiger partial charge in [-0.1, -0.05) is 18.2 Å². The molecular weight excluding hydrogens is 434 g/mol. The van der Waals surface area contributed by atoms with Gasteiger partial charge in [-0.05, 0) is 42.8 Å². The highest BCUT2D eigenvalue weighted by Gasteiger charge is 2.15. The molecule has 4 rings (SSSR count). The standard InChI is InChI=1S/C25H25N5O2S/c1-5-12-27-25-30(23(16-33-25)22-15-21(31-3)10-11-24(22)32-4)28-18(2)19-6-8-20(9-7-19)29-14-13-26-17-29/h5-11,13-17H,1,12H2,2-4H3. The maximum absolute atomic E-state index is 5.62. The molecule has 2 aromatic heterocycles. The second kappa shape index (κ2) is 10.1. The van der Waals surface area contributed by atoms with Crippen molar-refractivity contribution < 1.29 is 9.47 Å². The number of imidazole rings is 1. The summed E-state index contributed by atoms with van der Waals surface area (Å²) in [6.07, 6.45) is 7.22. The molecule has 33 heavy (non-hydrogen) atoms. The lowest BCUT2D eigenvalue weighted by molar-refractivity contribution is 0.404. The summed E-state index contributed by atoms with van der Waals surface area (Å²) in [4.78, 5) is 9.51. The number of aromatic nitrogens is 3. The van der Waals surface area contributed by atoms with Gasteiger partial charge in [0.15, 0.2) is 0 Å². The van der Waals surface area contributed by atoms with Gasteiger partial charge in [-0.2, -0.15) is 5.10 Å². The van der Waals surface area contributed by atoms with E-state index >= 15 is 0 Å². The van der Waals surface area contributed by atoms with Crippen LogP contribution in [0.3, 0.4) is 0 Å². The van der Waals surface area contributed by atoms with Crippen LogP contribution in [-0.4, -0.2) is 40.7 Å². The summed E-state index contributed by atoms with van der Waals surface area (Å²) >= 11 is 1.52. The summed E-state index contributed by atoms with van der Waals surface area (Å²) in [5.74, 6) is 1.47. The molecule has 0 bridgehead atoms. The van der Waals surface area contributed by atoms with E-state index in [9.17, 15) is 0 Å². The average Bonchev–Trinajstić information content (AvgIpc) is 3.53. The quantitative estimate of drug-likeness (QED) is 0.281. The second-order valence-electron chi connectivity index (χ2n) is 7.11. The molecule has 7 nitrogen and oxygen atoms in total. The van der Waals surface area contributed by atoms with Crippen LogP contribution in [0.15, 0.2) is 89.3 Å². The number of methoxy groups -OCH3 is 2. The summed E-state index contributed by atoms with van der Waals surface area (Å²) in [6, 6.07) is 13.9. The molecule has 0 aliphatic rings. The molecule has 2 heterocycles. The smallest absolute Gasteiger partial charge is 0.206 e. The lowest BCUT2D eigenvalue weighted by Gasteiger charge is -2.12. The minimum absolute atomic E-state index is 0.503. The fourth-order valence-corrected chi connectivity index (χ4v) is 4.17. The van der Waals surface area contributed by atoms with E-state index in [1.807, 2.05) is 70.2 Å². The Kier molecular flexibility index (Phi) is 6.85. The number of ether oxygens (including phenoxy) is 2. The van der Waals surface area contributed by atoms with Crippen molar-refractivity contribution in [1.29, 1.82) is 0 Å². The predicted molar refractivity (Wildman–Crippen MR) is 133 cm³/mol. The van der Waals surface area contributed by atoms with Crippen molar-refractivity contribution >= 4 is 17.0 Å². The molecule has 0 radical (unpaired) electrons. The summed E-state index contributed by atoms with van der Waals surface area (Å²) in [6.45, 7) is 6.27. The van der Waals surface area contributed by atoms with Crippen molar-refractivity contribution in [2.75, 3.05) is 20.8 Å². The zero-order chi connectivity index (χ0) is 23.2. The first-order chi connectivity index (χ1) is 16.1. The van der Waals surface area contributed by atoms with Gasteiger partial charge in [-0.25, -0.2) is 9.66 Å². The molecular formula is C25H25N5O2S. The Labute approximate surface area is 196 Å². The highest BCUT2D eigenvalue weighted by Crippen LogP contribution is 2.33. The topological polar surface area (TPSA) is 65.9 Å². The van der Waals surface area contributed by atoms with E-state index in [4.69, 9.17) is 14.6 Å². The summed E-state index contributed by atoms with van der Waals surface area (Å²) in [5.41, 5.74) is 4.65. The molecule has 0 fully saturated rings. The molecule has 0 saturated heterocycles. The molecule has 4 aromatic rings. The van der Waals surface area contributed by atoms with Crippen LogP contribution in [0.4, 0.5) is 0 Å². The summed E-state index contributed by atoms with van der Waals surface area (Å²) in [5, 5.41) is 6.97. The Balaban J connectivity index is 1.80. The van der Waals surface area contributed by atoms with Crippen LogP contribution < -0.4 is 14.3 Å². The van der Waals surface area contributed by atoms with Crippen molar-refractivity contribution in [3.05, 3.63) is 89.6 Å². The van der Waals surface area contributed by atoms with Crippen LogP contribution >= 0.6 is 11.3 Å². The minimum Gasteiger partial charge on any atom is -0.497 e. The van der Waals surface area contributed by atoms with E-state index in [1.54, 1.807) is 32.8 Å². The predicted octanol–water partition coefficient (Wildman–Crippen LogP) is 4.78. The van der Waals surface area contributed by atoms with E-state index in [1.165, 1.54) is 11.3 Å². The Morgan fingerprint density at radius 1 is 1.15 bits per heavy atom. The van der Waals surface area contributed by atoms with Crippen molar-refractivity contribution in [3.8, 4) is 28.4 Å². The molecule has 2 aromatic carbocycles. The third kappa shape index (κ3) is 4.80. The number of hydrogen-bond donors (Lipinski definition) is 0. The van der Waals surface area contributed by atoms with E-state index < -0.39 is 0 Å². The first-order valence-corrected chi connectivity index (χ1v) is 11.2. The fourth-order valence-electron chi connectivity index (χ4n) is 3.34. The van der Waals surface area contributed by atoms with E-state index in [-0.39, 0.29) is 0 Å². The number of hydrogen-bond acceptors (Lipinski definition) is 6. The molecule has 8 heteroatoms. The van der Waals surface area contributed by atoms with E-state index in [0.29, 0.717) is 6.54 Å². The largest absolute Gasteiger partial charge is 0.497 e. The van der Waals surface area contributed by atoms with Gasteiger partial charge in [-0.15, -0.1) is 17.9 Å². The molecule has 0 saturated carbocycles. The molecule has 0 amide bonds. The molecule has 0 spiro atoms. The third-order valence-corrected chi connectivity index (χ3v) is 5.92. The third-order valence-electron chi connectivity index (χ3n) is 5.06. The molecule has 0 aliphatic carbocycles. The van der Waals surface area contributed by atoms with Gasteiger partial charge in [0.25, 0.3) is 0 Å². The van der Waals surface area contributed by atoms with Crippen LogP contribution in [0.2, 0.25) is 0 Å². The van der Waals surface area contributed by atoms with Gasteiger partial charge in [-0.3, -0.25) is 4.99 Å². The highest BCUT2D eigenvalue weighted by molar-refractivity contribution is 7.07. The first-order valence-electron chi connectivity index (χ1n) is 10.3. The Bertz CT molecular complexity index is 1330. The van der Waals surface area contributed by atoms with Crippen molar-refractivity contribution in [1.82, 2.24) is 14.2 Å². The highest BCUT2D eigenvalue weighted by atomic mass is 32.1. The normalized spacial score (nSPS) is 12.1. The second-order valence-corrected chi connectivity index (χ2v) is 7.95. The molecule has 0 aliphatic heterocycles. The van der Waals surface area contributed by atoms with Crippen molar-refractivity contribution in [3.63, 3.8) is 0 Å². The molecule has 0 atom stereocenters. The number of rotatable bonds is 8. The SMILES string of the molecule is C=CCN=c1scc(-c2cc(OC)ccc2OC)n1N=C(C)c1ccc(-n2ccnc2)cc1. The Morgan fingerprint density at radius 3 is 2.64 bits per heavy atom. The van der Waals surface area contributed by atoms with Crippen LogP contribution in [0, 0.1) is 0 Å². The van der Waals surface area contributed by atoms with Crippen LogP contribution in [0.25, 0.3) is 16.9 Å². The molecule has 0 unspecified atom stereocenters. The van der Waals surface area contributed by atoms with Crippen LogP contribution in [-0.2, 0) is 0 Å². The minimum atomic E-state index is 0.503. The van der Waals surface area contributed by atoms with Crippen LogP contribution in [0.5, 0.6) is 11.5 Å². The lowest BCUT2D eigenvalue weighted by Crippen LogP contribution is -2.14. The van der Waals surface area contributed by atoms with Gasteiger partial charge in [0.2, 0.25) is 4.80 Å². The Hall–Kier alpha value is -3.91. The fraction of sp³-hybridized carbons (Fsp3) is 0.160. The van der Waals surface area contributed by atoms with Gasteiger partial charge >= 0.3 is 0 Å². The van der Waals surface area contributed by atoms with E-state index in [2.05, 4.69) is 16.6 Å². The van der Waals surface area contributed by atoms with Crippen molar-refractivity contribution in [2.45, 2.75) is 6.92 Å². The zero-order valence-corrected chi connectivity index (χ0v) is 19.6. The van der Waals surface area contributed by atoms with Crippen molar-refractivity contribution in [2.24, 2.45) is 10.1 Å². The Morgan fingerprint density at radius 2 is 1.97 bits per heavy atom. The molecule has 0 N–H and O–H groups in total. The van der Waals surface area contributed by atoms with Gasteiger partial charge in [0, 0.05) is 29.0 Å². The monoisotopic (exact) mass is 459 g/mol. The summed E-state index contributed by atoms with van der Waals surface area (Å²) < 4.78 is 14.9. The number of thiazole rings is 1. The van der Waals surface area contributed by atoms with Gasteiger partial charge < -0.3 is 14.0 Å². The average molecular weight is 460 g/mol. The number of nitrogens with zero attached hydrogens (tertiary/aromatic N) is 5. The van der Waals surface area contributed by atoms with E-state index in [0.717, 1.165) is 44.5 Å². The maximum atomic E-state index is 5.62. The molecule has 168 valence electrons.